The third-order valence-corrected chi connectivity index (χ3v) is 5.35. The molecule has 162 valence electrons. The molecule has 0 aliphatic rings. The number of rotatable bonds is 9. The van der Waals surface area contributed by atoms with Crippen LogP contribution in [0.25, 0.3) is 0 Å². The van der Waals surface area contributed by atoms with Crippen molar-refractivity contribution < 1.29 is 14.3 Å². The molecule has 0 radical (unpaired) electrons. The van der Waals surface area contributed by atoms with Crippen LogP contribution in [0.1, 0.15) is 5.56 Å². The van der Waals surface area contributed by atoms with Crippen molar-refractivity contribution in [3.63, 3.8) is 0 Å². The predicted molar refractivity (Wildman–Crippen MR) is 124 cm³/mol. The lowest BCUT2D eigenvalue weighted by molar-refractivity contribution is -0.113. The number of aromatic nitrogens is 3. The van der Waals surface area contributed by atoms with E-state index in [1.54, 1.807) is 44.7 Å². The van der Waals surface area contributed by atoms with E-state index in [0.717, 1.165) is 21.8 Å². The number of benzene rings is 2. The standard InChI is InChI=1S/C19H20BrN7O3S/c1-29-15-5-3-4-14(9-15)23-17(28)11-31-19-26-25-18(27(19)21)24-22-10-12-8-13(20)6-7-16(12)30-2/h3-10H,11,21H2,1-2H3,(H,23,28)(H,24,25)/b22-10+. The van der Waals surface area contributed by atoms with Gasteiger partial charge in [0.25, 0.3) is 5.95 Å². The van der Waals surface area contributed by atoms with Crippen LogP contribution in [-0.2, 0) is 4.79 Å². The Balaban J connectivity index is 1.56. The van der Waals surface area contributed by atoms with Crippen molar-refractivity contribution in [3.05, 3.63) is 52.5 Å². The van der Waals surface area contributed by atoms with Crippen molar-refractivity contribution in [1.29, 1.82) is 0 Å². The fourth-order valence-corrected chi connectivity index (χ4v) is 3.48. The third-order valence-electron chi connectivity index (χ3n) is 3.91. The van der Waals surface area contributed by atoms with Crippen molar-refractivity contribution in [3.8, 4) is 11.5 Å². The summed E-state index contributed by atoms with van der Waals surface area (Å²) in [5, 5.41) is 15.2. The lowest BCUT2D eigenvalue weighted by atomic mass is 10.2. The first kappa shape index (κ1) is 22.4. The molecule has 0 saturated carbocycles. The Kier molecular flexibility index (Phi) is 7.73. The van der Waals surface area contributed by atoms with Gasteiger partial charge in [-0.1, -0.05) is 33.8 Å². The second-order valence-corrected chi connectivity index (χ2v) is 7.86. The number of carbonyl (C=O) groups is 1. The second-order valence-electron chi connectivity index (χ2n) is 6.00. The molecule has 0 saturated heterocycles. The number of halogens is 1. The quantitative estimate of drug-likeness (QED) is 0.175. The summed E-state index contributed by atoms with van der Waals surface area (Å²) >= 11 is 4.55. The van der Waals surface area contributed by atoms with E-state index in [9.17, 15) is 4.79 Å². The first-order valence-corrected chi connectivity index (χ1v) is 10.7. The van der Waals surface area contributed by atoms with Crippen LogP contribution in [0, 0.1) is 0 Å². The van der Waals surface area contributed by atoms with Gasteiger partial charge >= 0.3 is 0 Å². The average Bonchev–Trinajstić information content (AvgIpc) is 3.12. The number of hydrazone groups is 1. The van der Waals surface area contributed by atoms with Crippen LogP contribution >= 0.6 is 27.7 Å². The Bertz CT molecular complexity index is 1090. The van der Waals surface area contributed by atoms with Gasteiger partial charge in [-0.3, -0.25) is 4.79 Å². The lowest BCUT2D eigenvalue weighted by Gasteiger charge is -2.07. The molecule has 12 heteroatoms. The maximum Gasteiger partial charge on any atom is 0.264 e. The van der Waals surface area contributed by atoms with Crippen molar-refractivity contribution in [1.82, 2.24) is 14.9 Å². The maximum absolute atomic E-state index is 12.2. The second kappa shape index (κ2) is 10.7. The van der Waals surface area contributed by atoms with Crippen LogP contribution in [0.15, 0.2) is 57.2 Å². The Morgan fingerprint density at radius 1 is 1.26 bits per heavy atom. The first-order chi connectivity index (χ1) is 15.0. The van der Waals surface area contributed by atoms with E-state index in [0.29, 0.717) is 22.3 Å². The number of amides is 1. The minimum atomic E-state index is -0.212. The highest BCUT2D eigenvalue weighted by atomic mass is 79.9. The minimum absolute atomic E-state index is 0.102. The van der Waals surface area contributed by atoms with Gasteiger partial charge in [-0.25, -0.2) is 10.1 Å². The smallest absolute Gasteiger partial charge is 0.264 e. The summed E-state index contributed by atoms with van der Waals surface area (Å²) in [6, 6.07) is 12.6. The summed E-state index contributed by atoms with van der Waals surface area (Å²) in [4.78, 5) is 12.2. The zero-order valence-electron chi connectivity index (χ0n) is 16.7. The molecule has 1 heterocycles. The Morgan fingerprint density at radius 2 is 2.10 bits per heavy atom. The molecule has 1 aromatic heterocycles. The Morgan fingerprint density at radius 3 is 2.87 bits per heavy atom. The molecule has 0 bridgehead atoms. The maximum atomic E-state index is 12.2. The van der Waals surface area contributed by atoms with Gasteiger partial charge in [0.2, 0.25) is 11.1 Å². The number of anilines is 2. The number of carbonyl (C=O) groups excluding carboxylic acids is 1. The summed E-state index contributed by atoms with van der Waals surface area (Å²) in [5.41, 5.74) is 4.13. The number of nitrogens with two attached hydrogens (primary N) is 1. The van der Waals surface area contributed by atoms with Crippen molar-refractivity contribution >= 4 is 51.4 Å². The van der Waals surface area contributed by atoms with Gasteiger partial charge in [0.05, 0.1) is 26.2 Å². The van der Waals surface area contributed by atoms with Gasteiger partial charge in [-0.15, -0.1) is 10.2 Å². The van der Waals surface area contributed by atoms with E-state index in [1.807, 2.05) is 18.2 Å². The molecule has 0 spiro atoms. The number of ether oxygens (including phenoxy) is 2. The number of nitrogen functional groups attached to an aromatic ring is 1. The number of nitrogens with zero attached hydrogens (tertiary/aromatic N) is 4. The van der Waals surface area contributed by atoms with Gasteiger partial charge in [0.15, 0.2) is 0 Å². The zero-order chi connectivity index (χ0) is 22.2. The summed E-state index contributed by atoms with van der Waals surface area (Å²) in [6.45, 7) is 0. The fourth-order valence-electron chi connectivity index (χ4n) is 2.45. The largest absolute Gasteiger partial charge is 0.497 e. The highest BCUT2D eigenvalue weighted by Gasteiger charge is 2.12. The molecule has 10 nitrogen and oxygen atoms in total. The van der Waals surface area contributed by atoms with E-state index in [2.05, 4.69) is 42.0 Å². The molecule has 31 heavy (non-hydrogen) atoms. The lowest BCUT2D eigenvalue weighted by Crippen LogP contribution is -2.16. The number of thioether (sulfide) groups is 1. The van der Waals surface area contributed by atoms with E-state index in [1.165, 1.54) is 4.68 Å². The first-order valence-electron chi connectivity index (χ1n) is 8.90. The topological polar surface area (TPSA) is 129 Å². The SMILES string of the molecule is COc1cccc(NC(=O)CSc2nnc(N/N=C/c3cc(Br)ccc3OC)n2N)c1. The van der Waals surface area contributed by atoms with Gasteiger partial charge in [-0.05, 0) is 30.3 Å². The molecule has 3 rings (SSSR count). The van der Waals surface area contributed by atoms with Crippen molar-refractivity contribution in [2.24, 2.45) is 5.10 Å². The van der Waals surface area contributed by atoms with Crippen LogP contribution in [0.3, 0.4) is 0 Å². The van der Waals surface area contributed by atoms with Crippen molar-refractivity contribution in [2.75, 3.05) is 36.6 Å². The number of methoxy groups -OCH3 is 2. The average molecular weight is 506 g/mol. The molecule has 0 aliphatic carbocycles. The normalized spacial score (nSPS) is 10.8. The number of hydrogen-bond donors (Lipinski definition) is 3. The molecule has 0 fully saturated rings. The van der Waals surface area contributed by atoms with Gasteiger partial charge in [-0.2, -0.15) is 5.10 Å². The van der Waals surface area contributed by atoms with Gasteiger partial charge < -0.3 is 20.6 Å². The fraction of sp³-hybridized carbons (Fsp3) is 0.158. The molecular formula is C19H20BrN7O3S. The highest BCUT2D eigenvalue weighted by molar-refractivity contribution is 9.10. The van der Waals surface area contributed by atoms with Crippen LogP contribution in [0.2, 0.25) is 0 Å². The van der Waals surface area contributed by atoms with Gasteiger partial charge in [0.1, 0.15) is 11.5 Å². The van der Waals surface area contributed by atoms with E-state index < -0.39 is 0 Å². The summed E-state index contributed by atoms with van der Waals surface area (Å²) in [7, 11) is 3.15. The number of hydrogen-bond acceptors (Lipinski definition) is 9. The minimum Gasteiger partial charge on any atom is -0.497 e. The Hall–Kier alpha value is -3.25. The van der Waals surface area contributed by atoms with E-state index in [-0.39, 0.29) is 17.6 Å². The molecule has 0 aliphatic heterocycles. The molecule has 0 unspecified atom stereocenters. The molecule has 0 atom stereocenters. The molecular weight excluding hydrogens is 486 g/mol. The Labute approximate surface area is 191 Å². The number of nitrogens with one attached hydrogen (secondary N) is 2. The molecule has 4 N–H and O–H groups in total. The zero-order valence-corrected chi connectivity index (χ0v) is 19.1. The van der Waals surface area contributed by atoms with Crippen LogP contribution in [-0.4, -0.2) is 47.0 Å². The van der Waals surface area contributed by atoms with Crippen molar-refractivity contribution in [2.45, 2.75) is 5.16 Å². The molecule has 2 aromatic carbocycles. The molecule has 3 aromatic rings. The van der Waals surface area contributed by atoms with E-state index in [4.69, 9.17) is 15.3 Å². The van der Waals surface area contributed by atoms with Gasteiger partial charge in [0, 0.05) is 21.8 Å². The van der Waals surface area contributed by atoms with Crippen LogP contribution in [0.5, 0.6) is 11.5 Å². The highest BCUT2D eigenvalue weighted by Crippen LogP contribution is 2.22. The van der Waals surface area contributed by atoms with Crippen LogP contribution in [0.4, 0.5) is 11.6 Å². The van der Waals surface area contributed by atoms with E-state index >= 15 is 0 Å². The predicted octanol–water partition coefficient (Wildman–Crippen LogP) is 2.95. The monoisotopic (exact) mass is 505 g/mol. The van der Waals surface area contributed by atoms with Crippen LogP contribution < -0.4 is 26.1 Å². The summed E-state index contributed by atoms with van der Waals surface area (Å²) < 4.78 is 12.5. The third kappa shape index (κ3) is 6.12. The summed E-state index contributed by atoms with van der Waals surface area (Å²) in [5.74, 6) is 7.43. The molecule has 1 amide bonds. The summed E-state index contributed by atoms with van der Waals surface area (Å²) in [6.07, 6.45) is 1.58.